The topological polar surface area (TPSA) is 76.9 Å². The van der Waals surface area contributed by atoms with Gasteiger partial charge in [0.15, 0.2) is 0 Å². The number of rotatable bonds is 8. The van der Waals surface area contributed by atoms with E-state index in [1.807, 2.05) is 37.4 Å². The minimum atomic E-state index is -0.291. The van der Waals surface area contributed by atoms with Crippen LogP contribution < -0.4 is 5.32 Å². The molecule has 0 spiro atoms. The number of aryl methyl sites for hydroxylation is 2. The van der Waals surface area contributed by atoms with Crippen molar-refractivity contribution in [1.29, 1.82) is 0 Å². The van der Waals surface area contributed by atoms with Gasteiger partial charge in [0.2, 0.25) is 5.91 Å². The van der Waals surface area contributed by atoms with Crippen LogP contribution in [0.15, 0.2) is 49.2 Å². The van der Waals surface area contributed by atoms with Gasteiger partial charge in [-0.05, 0) is 24.1 Å². The molecule has 3 rings (SSSR count). The Kier molecular flexibility index (Phi) is 6.39. The molecular formula is C22H24N4O2S. The Morgan fingerprint density at radius 2 is 2.14 bits per heavy atom. The number of Topliss-reactive ketones (excluding diaryl/α,β-unsaturated/α-hetero) is 1. The number of hydrogen-bond acceptors (Lipinski definition) is 5. The van der Waals surface area contributed by atoms with Crippen LogP contribution in [-0.2, 0) is 29.5 Å². The first-order chi connectivity index (χ1) is 13.9. The van der Waals surface area contributed by atoms with Gasteiger partial charge in [-0.2, -0.15) is 5.10 Å². The molecule has 2 aromatic heterocycles. The van der Waals surface area contributed by atoms with E-state index in [0.29, 0.717) is 12.2 Å². The van der Waals surface area contributed by atoms with Crippen molar-refractivity contribution in [3.05, 3.63) is 64.6 Å². The molecular weight excluding hydrogens is 384 g/mol. The Bertz CT molecular complexity index is 1050. The van der Waals surface area contributed by atoms with Crippen molar-refractivity contribution in [2.75, 3.05) is 5.32 Å². The van der Waals surface area contributed by atoms with Crippen molar-refractivity contribution >= 4 is 28.8 Å². The Labute approximate surface area is 174 Å². The molecule has 1 aromatic carbocycles. The van der Waals surface area contributed by atoms with E-state index in [1.54, 1.807) is 29.1 Å². The fraction of sp³-hybridized carbons (Fsp3) is 0.273. The van der Waals surface area contributed by atoms with Crippen LogP contribution in [0.25, 0.3) is 11.3 Å². The summed E-state index contributed by atoms with van der Waals surface area (Å²) in [7, 11) is 1.76. The van der Waals surface area contributed by atoms with E-state index in [2.05, 4.69) is 28.9 Å². The maximum Gasteiger partial charge on any atom is 0.248 e. The monoisotopic (exact) mass is 408 g/mol. The molecule has 0 unspecified atom stereocenters. The fourth-order valence-corrected chi connectivity index (χ4v) is 3.82. The molecule has 0 saturated carbocycles. The summed E-state index contributed by atoms with van der Waals surface area (Å²) in [6.45, 7) is 7.46. The minimum Gasteiger partial charge on any atom is -0.307 e. The number of carbonyl (C=O) groups is 2. The summed E-state index contributed by atoms with van der Waals surface area (Å²) < 4.78 is 1.60. The summed E-state index contributed by atoms with van der Waals surface area (Å²) in [6, 6.07) is 9.59. The van der Waals surface area contributed by atoms with E-state index in [9.17, 15) is 9.59 Å². The second-order valence-electron chi connectivity index (χ2n) is 6.80. The summed E-state index contributed by atoms with van der Waals surface area (Å²) in [6.07, 6.45) is 4.34. The Balaban J connectivity index is 1.78. The van der Waals surface area contributed by atoms with Crippen LogP contribution in [0.1, 0.15) is 35.2 Å². The smallest absolute Gasteiger partial charge is 0.248 e. The molecule has 6 nitrogen and oxygen atoms in total. The average Bonchev–Trinajstić information content (AvgIpc) is 3.33. The zero-order chi connectivity index (χ0) is 21.0. The highest BCUT2D eigenvalue weighted by Gasteiger charge is 2.18. The van der Waals surface area contributed by atoms with Crippen molar-refractivity contribution in [2.45, 2.75) is 32.6 Å². The van der Waals surface area contributed by atoms with Gasteiger partial charge < -0.3 is 5.32 Å². The van der Waals surface area contributed by atoms with Gasteiger partial charge in [0, 0.05) is 35.7 Å². The number of aromatic nitrogens is 3. The van der Waals surface area contributed by atoms with Crippen molar-refractivity contribution < 1.29 is 9.59 Å². The number of benzene rings is 1. The summed E-state index contributed by atoms with van der Waals surface area (Å²) in [5.74, 6) is 0.183. The van der Waals surface area contributed by atoms with Crippen molar-refractivity contribution in [3.8, 4) is 11.3 Å². The van der Waals surface area contributed by atoms with Crippen LogP contribution in [-0.4, -0.2) is 26.5 Å². The van der Waals surface area contributed by atoms with Gasteiger partial charge >= 0.3 is 0 Å². The predicted molar refractivity (Wildman–Crippen MR) is 116 cm³/mol. The molecule has 1 amide bonds. The highest BCUT2D eigenvalue weighted by Crippen LogP contribution is 2.27. The Hall–Kier alpha value is -3.06. The zero-order valence-corrected chi connectivity index (χ0v) is 17.6. The quantitative estimate of drug-likeness (QED) is 0.568. The summed E-state index contributed by atoms with van der Waals surface area (Å²) in [5.41, 5.74) is 2.54. The molecule has 29 heavy (non-hydrogen) atoms. The molecule has 1 N–H and O–H groups in total. The number of amides is 1. The number of ketones is 1. The molecule has 0 aliphatic heterocycles. The molecule has 0 fully saturated rings. The van der Waals surface area contributed by atoms with Gasteiger partial charge in [0.1, 0.15) is 16.6 Å². The molecule has 7 heteroatoms. The maximum absolute atomic E-state index is 12.8. The average molecular weight is 409 g/mol. The normalized spacial score (nSPS) is 11.8. The first kappa shape index (κ1) is 20.7. The molecule has 2 heterocycles. The number of nitrogens with one attached hydrogen (secondary N) is 1. The molecule has 1 atom stereocenters. The summed E-state index contributed by atoms with van der Waals surface area (Å²) in [5, 5.41) is 8.05. The number of anilines is 1. The van der Waals surface area contributed by atoms with Gasteiger partial charge in [-0.1, -0.05) is 38.6 Å². The number of carbonyl (C=O) groups excluding carboxylic acids is 2. The van der Waals surface area contributed by atoms with Crippen LogP contribution in [0.5, 0.6) is 0 Å². The van der Waals surface area contributed by atoms with E-state index in [0.717, 1.165) is 28.2 Å². The lowest BCUT2D eigenvalue weighted by atomic mass is 9.93. The SMILES string of the molecule is C=CC(=O)Nc1cc(-c2cccc([C@H](C)C(=O)Cc3ncc(CC)s3)c2)nn1C. The third kappa shape index (κ3) is 4.86. The molecule has 0 aliphatic rings. The van der Waals surface area contributed by atoms with Crippen molar-refractivity contribution in [2.24, 2.45) is 7.05 Å². The minimum absolute atomic E-state index is 0.138. The van der Waals surface area contributed by atoms with Crippen LogP contribution >= 0.6 is 11.3 Å². The molecule has 150 valence electrons. The van der Waals surface area contributed by atoms with Crippen LogP contribution in [0.4, 0.5) is 5.82 Å². The Morgan fingerprint density at radius 3 is 2.83 bits per heavy atom. The van der Waals surface area contributed by atoms with E-state index >= 15 is 0 Å². The number of thiazole rings is 1. The lowest BCUT2D eigenvalue weighted by Gasteiger charge is -2.11. The van der Waals surface area contributed by atoms with Crippen molar-refractivity contribution in [3.63, 3.8) is 0 Å². The Morgan fingerprint density at radius 1 is 1.34 bits per heavy atom. The number of nitrogens with zero attached hydrogens (tertiary/aromatic N) is 3. The lowest BCUT2D eigenvalue weighted by Crippen LogP contribution is -2.12. The molecule has 0 aliphatic carbocycles. The van der Waals surface area contributed by atoms with Crippen molar-refractivity contribution in [1.82, 2.24) is 14.8 Å². The van der Waals surface area contributed by atoms with E-state index in [4.69, 9.17) is 0 Å². The summed E-state index contributed by atoms with van der Waals surface area (Å²) >= 11 is 1.60. The van der Waals surface area contributed by atoms with E-state index in [1.165, 1.54) is 11.0 Å². The van der Waals surface area contributed by atoms with Gasteiger partial charge in [-0.15, -0.1) is 11.3 Å². The first-order valence-corrected chi connectivity index (χ1v) is 10.3. The fourth-order valence-electron chi connectivity index (χ4n) is 2.95. The van der Waals surface area contributed by atoms with Gasteiger partial charge in [-0.3, -0.25) is 14.3 Å². The first-order valence-electron chi connectivity index (χ1n) is 9.45. The predicted octanol–water partition coefficient (Wildman–Crippen LogP) is 4.15. The van der Waals surface area contributed by atoms with Crippen LogP contribution in [0.2, 0.25) is 0 Å². The lowest BCUT2D eigenvalue weighted by molar-refractivity contribution is -0.119. The third-order valence-corrected chi connectivity index (χ3v) is 5.90. The van der Waals surface area contributed by atoms with Crippen LogP contribution in [0.3, 0.4) is 0 Å². The second kappa shape index (κ2) is 8.96. The van der Waals surface area contributed by atoms with Gasteiger partial charge in [-0.25, -0.2) is 4.98 Å². The summed E-state index contributed by atoms with van der Waals surface area (Å²) in [4.78, 5) is 29.9. The third-order valence-electron chi connectivity index (χ3n) is 4.76. The maximum atomic E-state index is 12.8. The molecule has 0 radical (unpaired) electrons. The standard InChI is InChI=1S/C22H24N4O2S/c1-5-17-13-23-22(29-17)12-19(27)14(3)15-8-7-9-16(10-15)18-11-20(26(4)25-18)24-21(28)6-2/h6-11,13-14H,2,5,12H2,1,3-4H3,(H,24,28)/t14-/m0/s1. The van der Waals surface area contributed by atoms with Crippen LogP contribution in [0, 0.1) is 0 Å². The molecule has 0 bridgehead atoms. The highest BCUT2D eigenvalue weighted by atomic mass is 32.1. The number of hydrogen-bond donors (Lipinski definition) is 1. The van der Waals surface area contributed by atoms with Gasteiger partial charge in [0.25, 0.3) is 0 Å². The second-order valence-corrected chi connectivity index (χ2v) is 8.00. The zero-order valence-electron chi connectivity index (χ0n) is 16.8. The van der Waals surface area contributed by atoms with Gasteiger partial charge in [0.05, 0.1) is 12.1 Å². The highest BCUT2D eigenvalue weighted by molar-refractivity contribution is 7.11. The largest absolute Gasteiger partial charge is 0.307 e. The van der Waals surface area contributed by atoms with E-state index < -0.39 is 0 Å². The van der Waals surface area contributed by atoms with E-state index in [-0.39, 0.29) is 17.6 Å². The molecule has 3 aromatic rings. The molecule has 0 saturated heterocycles.